The summed E-state index contributed by atoms with van der Waals surface area (Å²) in [5.74, 6) is 1.07. The summed E-state index contributed by atoms with van der Waals surface area (Å²) < 4.78 is 21.9. The van der Waals surface area contributed by atoms with E-state index in [0.717, 1.165) is 0 Å². The van der Waals surface area contributed by atoms with Crippen molar-refractivity contribution in [3.63, 3.8) is 0 Å². The van der Waals surface area contributed by atoms with Gasteiger partial charge in [-0.1, -0.05) is 12.1 Å². The summed E-state index contributed by atoms with van der Waals surface area (Å²) in [5, 5.41) is 8.95. The van der Waals surface area contributed by atoms with Crippen molar-refractivity contribution in [3.8, 4) is 29.1 Å². The van der Waals surface area contributed by atoms with Gasteiger partial charge in [-0.2, -0.15) is 5.26 Å². The highest BCUT2D eigenvalue weighted by atomic mass is 16.6. The number of benzene rings is 2. The van der Waals surface area contributed by atoms with Crippen LogP contribution in [0.15, 0.2) is 42.5 Å². The van der Waals surface area contributed by atoms with Crippen LogP contribution in [0.5, 0.6) is 23.0 Å². The van der Waals surface area contributed by atoms with Gasteiger partial charge < -0.3 is 18.9 Å². The Balaban J connectivity index is 1.75. The molecule has 6 nitrogen and oxygen atoms in total. The first-order valence-electron chi connectivity index (χ1n) is 7.48. The average molecular weight is 325 g/mol. The molecule has 0 unspecified atom stereocenters. The predicted octanol–water partition coefficient (Wildman–Crippen LogP) is 2.70. The van der Waals surface area contributed by atoms with Gasteiger partial charge in [0, 0.05) is 6.07 Å². The van der Waals surface area contributed by atoms with Crippen LogP contribution in [0.1, 0.15) is 12.5 Å². The lowest BCUT2D eigenvalue weighted by Gasteiger charge is -2.25. The minimum Gasteiger partial charge on any atom is -0.490 e. The molecule has 0 N–H and O–H groups in total. The maximum absolute atomic E-state index is 12.3. The van der Waals surface area contributed by atoms with Crippen LogP contribution < -0.4 is 18.9 Å². The highest BCUT2D eigenvalue weighted by Gasteiger charge is 2.29. The van der Waals surface area contributed by atoms with Crippen molar-refractivity contribution in [2.24, 2.45) is 0 Å². The fourth-order valence-corrected chi connectivity index (χ4v) is 2.24. The molecule has 0 fully saturated rings. The second-order valence-electron chi connectivity index (χ2n) is 4.99. The number of para-hydroxylation sites is 2. The molecule has 2 aromatic carbocycles. The van der Waals surface area contributed by atoms with Crippen molar-refractivity contribution in [3.05, 3.63) is 48.0 Å². The van der Waals surface area contributed by atoms with Crippen LogP contribution in [0.25, 0.3) is 0 Å². The molecule has 0 aromatic heterocycles. The van der Waals surface area contributed by atoms with Crippen molar-refractivity contribution >= 4 is 5.97 Å². The number of esters is 1. The van der Waals surface area contributed by atoms with Gasteiger partial charge in [0.1, 0.15) is 6.61 Å². The SMILES string of the molecule is CCOc1cc(C#N)ccc1OC(=O)[C@H]1COc2ccccc2O1. The molecular formula is C18H15NO5. The van der Waals surface area contributed by atoms with Crippen LogP contribution in [0, 0.1) is 11.3 Å². The highest BCUT2D eigenvalue weighted by Crippen LogP contribution is 2.32. The lowest BCUT2D eigenvalue weighted by molar-refractivity contribution is -0.144. The van der Waals surface area contributed by atoms with Gasteiger partial charge in [-0.15, -0.1) is 0 Å². The molecule has 122 valence electrons. The Bertz CT molecular complexity index is 796. The zero-order chi connectivity index (χ0) is 16.9. The number of carbonyl (C=O) groups excluding carboxylic acids is 1. The van der Waals surface area contributed by atoms with Crippen molar-refractivity contribution in [2.45, 2.75) is 13.0 Å². The number of hydrogen-bond acceptors (Lipinski definition) is 6. The molecule has 1 aliphatic rings. The van der Waals surface area contributed by atoms with Gasteiger partial charge in [-0.3, -0.25) is 0 Å². The number of fused-ring (bicyclic) bond motifs is 1. The summed E-state index contributed by atoms with van der Waals surface area (Å²) in [6.45, 7) is 2.26. The number of nitriles is 1. The van der Waals surface area contributed by atoms with Crippen LogP contribution in [-0.4, -0.2) is 25.3 Å². The minimum absolute atomic E-state index is 0.0656. The van der Waals surface area contributed by atoms with Gasteiger partial charge in [0.05, 0.1) is 18.2 Å². The zero-order valence-corrected chi connectivity index (χ0v) is 13.0. The van der Waals surface area contributed by atoms with E-state index in [1.165, 1.54) is 12.1 Å². The van der Waals surface area contributed by atoms with E-state index >= 15 is 0 Å². The molecule has 0 radical (unpaired) electrons. The molecule has 1 heterocycles. The Morgan fingerprint density at radius 3 is 2.79 bits per heavy atom. The first kappa shape index (κ1) is 15.7. The first-order chi connectivity index (χ1) is 11.7. The average Bonchev–Trinajstić information content (AvgIpc) is 2.62. The van der Waals surface area contributed by atoms with Crippen LogP contribution in [0.4, 0.5) is 0 Å². The summed E-state index contributed by atoms with van der Waals surface area (Å²) in [6.07, 6.45) is -0.870. The standard InChI is InChI=1S/C18H15NO5/c1-2-21-16-9-12(10-19)7-8-15(16)24-18(20)17-11-22-13-5-3-4-6-14(13)23-17/h3-9,17H,2,11H2,1H3/t17-/m1/s1. The Kier molecular flexibility index (Phi) is 4.52. The van der Waals surface area contributed by atoms with E-state index in [0.29, 0.717) is 29.4 Å². The summed E-state index contributed by atoms with van der Waals surface area (Å²) >= 11 is 0. The van der Waals surface area contributed by atoms with E-state index in [2.05, 4.69) is 0 Å². The van der Waals surface area contributed by atoms with Gasteiger partial charge in [0.25, 0.3) is 0 Å². The Hall–Kier alpha value is -3.20. The van der Waals surface area contributed by atoms with E-state index in [9.17, 15) is 4.79 Å². The summed E-state index contributed by atoms with van der Waals surface area (Å²) in [4.78, 5) is 12.3. The topological polar surface area (TPSA) is 77.8 Å². The van der Waals surface area contributed by atoms with E-state index in [4.69, 9.17) is 24.2 Å². The predicted molar refractivity (Wildman–Crippen MR) is 84.3 cm³/mol. The molecule has 0 saturated carbocycles. The third kappa shape index (κ3) is 3.25. The Morgan fingerprint density at radius 1 is 1.25 bits per heavy atom. The number of carbonyl (C=O) groups is 1. The lowest BCUT2D eigenvalue weighted by atomic mass is 10.2. The van der Waals surface area contributed by atoms with Crippen LogP contribution in [-0.2, 0) is 4.79 Å². The summed E-state index contributed by atoms with van der Waals surface area (Å²) in [7, 11) is 0. The molecule has 0 aliphatic carbocycles. The fourth-order valence-electron chi connectivity index (χ4n) is 2.24. The lowest BCUT2D eigenvalue weighted by Crippen LogP contribution is -2.39. The number of nitrogens with zero attached hydrogens (tertiary/aromatic N) is 1. The molecule has 1 aliphatic heterocycles. The maximum atomic E-state index is 12.3. The van der Waals surface area contributed by atoms with E-state index in [1.54, 1.807) is 31.2 Å². The van der Waals surface area contributed by atoms with Crippen molar-refractivity contribution in [1.82, 2.24) is 0 Å². The van der Waals surface area contributed by atoms with Gasteiger partial charge >= 0.3 is 5.97 Å². The molecular weight excluding hydrogens is 310 g/mol. The highest BCUT2D eigenvalue weighted by molar-refractivity contribution is 5.79. The van der Waals surface area contributed by atoms with Crippen LogP contribution in [0.2, 0.25) is 0 Å². The van der Waals surface area contributed by atoms with Gasteiger partial charge in [-0.25, -0.2) is 4.79 Å². The fraction of sp³-hybridized carbons (Fsp3) is 0.222. The van der Waals surface area contributed by atoms with Gasteiger partial charge in [0.2, 0.25) is 6.10 Å². The van der Waals surface area contributed by atoms with Crippen LogP contribution >= 0.6 is 0 Å². The second kappa shape index (κ2) is 6.92. The smallest absolute Gasteiger partial charge is 0.356 e. The normalized spacial score (nSPS) is 15.2. The Morgan fingerprint density at radius 2 is 2.04 bits per heavy atom. The molecule has 0 spiro atoms. The number of hydrogen-bond donors (Lipinski definition) is 0. The molecule has 0 bridgehead atoms. The van der Waals surface area contributed by atoms with Gasteiger partial charge in [0.15, 0.2) is 23.0 Å². The molecule has 1 atom stereocenters. The van der Waals surface area contributed by atoms with Crippen molar-refractivity contribution < 1.29 is 23.7 Å². The largest absolute Gasteiger partial charge is 0.490 e. The van der Waals surface area contributed by atoms with Crippen molar-refractivity contribution in [1.29, 1.82) is 5.26 Å². The first-order valence-corrected chi connectivity index (χ1v) is 7.48. The van der Waals surface area contributed by atoms with E-state index in [-0.39, 0.29) is 12.4 Å². The summed E-state index contributed by atoms with van der Waals surface area (Å²) in [5.41, 5.74) is 0.421. The third-order valence-corrected chi connectivity index (χ3v) is 3.35. The van der Waals surface area contributed by atoms with Gasteiger partial charge in [-0.05, 0) is 31.2 Å². The number of rotatable bonds is 4. The molecule has 0 amide bonds. The molecule has 6 heteroatoms. The maximum Gasteiger partial charge on any atom is 0.356 e. The minimum atomic E-state index is -0.870. The molecule has 3 rings (SSSR count). The third-order valence-electron chi connectivity index (χ3n) is 3.35. The molecule has 0 saturated heterocycles. The monoisotopic (exact) mass is 325 g/mol. The summed E-state index contributed by atoms with van der Waals surface area (Å²) in [6, 6.07) is 13.7. The molecule has 24 heavy (non-hydrogen) atoms. The van der Waals surface area contributed by atoms with Crippen LogP contribution in [0.3, 0.4) is 0 Å². The quantitative estimate of drug-likeness (QED) is 0.635. The Labute approximate surface area is 139 Å². The second-order valence-corrected chi connectivity index (χ2v) is 4.99. The van der Waals surface area contributed by atoms with E-state index < -0.39 is 12.1 Å². The number of ether oxygens (including phenoxy) is 4. The van der Waals surface area contributed by atoms with Crippen molar-refractivity contribution in [2.75, 3.05) is 13.2 Å². The molecule has 2 aromatic rings. The van der Waals surface area contributed by atoms with E-state index in [1.807, 2.05) is 12.1 Å². The zero-order valence-electron chi connectivity index (χ0n) is 13.0.